The number of hydrogen-bond acceptors (Lipinski definition) is 5. The van der Waals surface area contributed by atoms with Crippen LogP contribution < -0.4 is 5.32 Å². The zero-order chi connectivity index (χ0) is 18.4. The average Bonchev–Trinajstić information content (AvgIpc) is 2.59. The van der Waals surface area contributed by atoms with Crippen molar-refractivity contribution in [2.24, 2.45) is 5.92 Å². The highest BCUT2D eigenvalue weighted by molar-refractivity contribution is 7.91. The molecule has 6 nitrogen and oxygen atoms in total. The van der Waals surface area contributed by atoms with E-state index in [2.05, 4.69) is 10.1 Å². The van der Waals surface area contributed by atoms with Gasteiger partial charge >= 0.3 is 5.97 Å². The highest BCUT2D eigenvalue weighted by Crippen LogP contribution is 2.29. The van der Waals surface area contributed by atoms with Crippen molar-refractivity contribution in [1.29, 1.82) is 0 Å². The summed E-state index contributed by atoms with van der Waals surface area (Å²) in [5, 5.41) is 2.54. The molecule has 0 aliphatic heterocycles. The van der Waals surface area contributed by atoms with Gasteiger partial charge in [-0.1, -0.05) is 12.1 Å². The van der Waals surface area contributed by atoms with E-state index in [0.717, 1.165) is 5.56 Å². The maximum atomic E-state index is 12.4. The molecule has 1 amide bonds. The maximum Gasteiger partial charge on any atom is 0.330 e. The molecule has 0 aromatic heterocycles. The number of anilines is 1. The van der Waals surface area contributed by atoms with Crippen LogP contribution in [-0.2, 0) is 24.2 Å². The van der Waals surface area contributed by atoms with Crippen molar-refractivity contribution >= 4 is 33.5 Å². The van der Waals surface area contributed by atoms with Crippen LogP contribution in [0.3, 0.4) is 0 Å². The highest BCUT2D eigenvalue weighted by Gasteiger charge is 2.31. The number of esters is 1. The van der Waals surface area contributed by atoms with Crippen LogP contribution >= 0.6 is 0 Å². The van der Waals surface area contributed by atoms with Gasteiger partial charge in [-0.05, 0) is 49.5 Å². The number of carbonyl (C=O) groups excluding carboxylic acids is 2. The second kappa shape index (κ2) is 8.29. The molecule has 1 aromatic carbocycles. The minimum Gasteiger partial charge on any atom is -0.466 e. The second-order valence-electron chi connectivity index (χ2n) is 6.27. The van der Waals surface area contributed by atoms with E-state index in [9.17, 15) is 18.0 Å². The molecule has 1 aromatic rings. The molecule has 0 bridgehead atoms. The Bertz CT molecular complexity index is 761. The molecule has 1 aliphatic carbocycles. The van der Waals surface area contributed by atoms with Crippen molar-refractivity contribution in [3.63, 3.8) is 0 Å². The lowest BCUT2D eigenvalue weighted by molar-refractivity contribution is -0.134. The van der Waals surface area contributed by atoms with E-state index < -0.39 is 15.8 Å². The number of amides is 1. The number of sulfone groups is 1. The number of nitrogens with one attached hydrogen (secondary N) is 1. The number of hydrogen-bond donors (Lipinski definition) is 1. The Balaban J connectivity index is 1.95. The Morgan fingerprint density at radius 1 is 1.20 bits per heavy atom. The Morgan fingerprint density at radius 2 is 1.88 bits per heavy atom. The first-order valence-corrected chi connectivity index (χ1v) is 10.1. The fourth-order valence-electron chi connectivity index (χ4n) is 2.95. The zero-order valence-corrected chi connectivity index (χ0v) is 15.2. The molecule has 1 fully saturated rings. The van der Waals surface area contributed by atoms with Gasteiger partial charge in [0.15, 0.2) is 0 Å². The van der Waals surface area contributed by atoms with Crippen LogP contribution in [0.4, 0.5) is 5.69 Å². The number of benzene rings is 1. The second-order valence-corrected chi connectivity index (χ2v) is 8.60. The van der Waals surface area contributed by atoms with E-state index in [4.69, 9.17) is 0 Å². The molecule has 7 heteroatoms. The molecule has 1 saturated carbocycles. The van der Waals surface area contributed by atoms with Gasteiger partial charge in [0.1, 0.15) is 9.84 Å². The Morgan fingerprint density at radius 3 is 2.48 bits per heavy atom. The van der Waals surface area contributed by atoms with Crippen LogP contribution in [0.1, 0.15) is 31.2 Å². The van der Waals surface area contributed by atoms with E-state index in [1.807, 2.05) is 6.07 Å². The van der Waals surface area contributed by atoms with E-state index >= 15 is 0 Å². The SMILES string of the molecule is COC(=O)/C=C/c1cccc(NC(=O)C2CCC(S(C)(=O)=O)CC2)c1. The van der Waals surface area contributed by atoms with Crippen molar-refractivity contribution in [3.8, 4) is 0 Å². The summed E-state index contributed by atoms with van der Waals surface area (Å²) in [5.41, 5.74) is 1.41. The molecular formula is C18H23NO5S. The largest absolute Gasteiger partial charge is 0.466 e. The van der Waals surface area contributed by atoms with Crippen molar-refractivity contribution in [2.75, 3.05) is 18.7 Å². The lowest BCUT2D eigenvalue weighted by Crippen LogP contribution is -2.32. The van der Waals surface area contributed by atoms with Gasteiger partial charge in [0, 0.05) is 23.9 Å². The van der Waals surface area contributed by atoms with Crippen LogP contribution in [0.5, 0.6) is 0 Å². The standard InChI is InChI=1S/C18H23NO5S/c1-24-17(20)11-6-13-4-3-5-15(12-13)19-18(21)14-7-9-16(10-8-14)25(2,22)23/h3-6,11-12,14,16H,7-10H2,1-2H3,(H,19,21)/b11-6+. The molecule has 0 saturated heterocycles. The van der Waals surface area contributed by atoms with Crippen molar-refractivity contribution < 1.29 is 22.7 Å². The summed E-state index contributed by atoms with van der Waals surface area (Å²) in [6.45, 7) is 0. The van der Waals surface area contributed by atoms with Gasteiger partial charge < -0.3 is 10.1 Å². The van der Waals surface area contributed by atoms with Gasteiger partial charge in [-0.15, -0.1) is 0 Å². The zero-order valence-electron chi connectivity index (χ0n) is 14.4. The Labute approximate surface area is 148 Å². The van der Waals surface area contributed by atoms with E-state index in [1.54, 1.807) is 24.3 Å². The predicted octanol–water partition coefficient (Wildman–Crippen LogP) is 2.41. The topological polar surface area (TPSA) is 89.5 Å². The van der Waals surface area contributed by atoms with Crippen molar-refractivity contribution in [3.05, 3.63) is 35.9 Å². The van der Waals surface area contributed by atoms with Gasteiger partial charge in [-0.2, -0.15) is 0 Å². The molecular weight excluding hydrogens is 342 g/mol. The molecule has 0 heterocycles. The van der Waals surface area contributed by atoms with Crippen molar-refractivity contribution in [1.82, 2.24) is 0 Å². The summed E-state index contributed by atoms with van der Waals surface area (Å²) < 4.78 is 27.7. The van der Waals surface area contributed by atoms with E-state index in [1.165, 1.54) is 19.4 Å². The number of rotatable bonds is 5. The van der Waals surface area contributed by atoms with Crippen LogP contribution in [0, 0.1) is 5.92 Å². The number of methoxy groups -OCH3 is 1. The van der Waals surface area contributed by atoms with Crippen LogP contribution in [0.15, 0.2) is 30.3 Å². The van der Waals surface area contributed by atoms with Gasteiger partial charge in [-0.25, -0.2) is 13.2 Å². The predicted molar refractivity (Wildman–Crippen MR) is 96.7 cm³/mol. The molecule has 25 heavy (non-hydrogen) atoms. The van der Waals surface area contributed by atoms with Crippen molar-refractivity contribution in [2.45, 2.75) is 30.9 Å². The summed E-state index contributed by atoms with van der Waals surface area (Å²) in [6, 6.07) is 7.13. The fraction of sp³-hybridized carbons (Fsp3) is 0.444. The summed E-state index contributed by atoms with van der Waals surface area (Å²) >= 11 is 0. The van der Waals surface area contributed by atoms with E-state index in [0.29, 0.717) is 31.4 Å². The van der Waals surface area contributed by atoms with Gasteiger partial charge in [-0.3, -0.25) is 4.79 Å². The Kier molecular flexibility index (Phi) is 6.36. The minimum absolute atomic E-state index is 0.0963. The first-order valence-electron chi connectivity index (χ1n) is 8.15. The van der Waals surface area contributed by atoms with Crippen LogP contribution in [0.2, 0.25) is 0 Å². The van der Waals surface area contributed by atoms with Crippen LogP contribution in [-0.4, -0.2) is 38.9 Å². The van der Waals surface area contributed by atoms with Gasteiger partial charge in [0.05, 0.1) is 12.4 Å². The lowest BCUT2D eigenvalue weighted by atomic mass is 9.88. The third-order valence-corrected chi connectivity index (χ3v) is 6.10. The fourth-order valence-corrected chi connectivity index (χ4v) is 4.08. The molecule has 1 N–H and O–H groups in total. The molecule has 1 aliphatic rings. The average molecular weight is 365 g/mol. The monoisotopic (exact) mass is 365 g/mol. The first-order chi connectivity index (χ1) is 11.8. The smallest absolute Gasteiger partial charge is 0.330 e. The number of ether oxygens (including phenoxy) is 1. The third-order valence-electron chi connectivity index (χ3n) is 4.42. The van der Waals surface area contributed by atoms with Gasteiger partial charge in [0.25, 0.3) is 0 Å². The molecule has 0 radical (unpaired) electrons. The normalized spacial score (nSPS) is 21.0. The molecule has 2 rings (SSSR count). The summed E-state index contributed by atoms with van der Waals surface area (Å²) in [7, 11) is -1.72. The first kappa shape index (κ1) is 19.2. The minimum atomic E-state index is -3.03. The highest BCUT2D eigenvalue weighted by atomic mass is 32.2. The summed E-state index contributed by atoms with van der Waals surface area (Å²) in [6.07, 6.45) is 6.38. The molecule has 0 atom stereocenters. The van der Waals surface area contributed by atoms with Crippen LogP contribution in [0.25, 0.3) is 6.08 Å². The summed E-state index contributed by atoms with van der Waals surface area (Å²) in [5.74, 6) is -0.717. The summed E-state index contributed by atoms with van der Waals surface area (Å²) in [4.78, 5) is 23.5. The molecule has 0 spiro atoms. The lowest BCUT2D eigenvalue weighted by Gasteiger charge is -2.26. The molecule has 0 unspecified atom stereocenters. The molecule has 136 valence electrons. The number of carbonyl (C=O) groups is 2. The van der Waals surface area contributed by atoms with Gasteiger partial charge in [0.2, 0.25) is 5.91 Å². The third kappa shape index (κ3) is 5.70. The quantitative estimate of drug-likeness (QED) is 0.639. The Hall–Kier alpha value is -2.15. The maximum absolute atomic E-state index is 12.4. The van der Waals surface area contributed by atoms with E-state index in [-0.39, 0.29) is 17.1 Å².